The first kappa shape index (κ1) is 12.5. The molecule has 0 unspecified atom stereocenters. The highest BCUT2D eigenvalue weighted by atomic mass is 35.5. The summed E-state index contributed by atoms with van der Waals surface area (Å²) < 4.78 is 0. The molecule has 1 aromatic carbocycles. The van der Waals surface area contributed by atoms with Crippen molar-refractivity contribution in [2.75, 3.05) is 0 Å². The summed E-state index contributed by atoms with van der Waals surface area (Å²) in [6.45, 7) is 0. The molecule has 0 spiro atoms. The molecule has 1 heterocycles. The minimum atomic E-state index is -0.416. The zero-order valence-corrected chi connectivity index (χ0v) is 10.2. The number of non-ortho nitro benzene ring substituents is 1. The van der Waals surface area contributed by atoms with E-state index in [0.29, 0.717) is 6.42 Å². The normalized spacial score (nSPS) is 12.1. The number of hydrogen-bond donors (Lipinski definition) is 0. The van der Waals surface area contributed by atoms with Gasteiger partial charge >= 0.3 is 0 Å². The van der Waals surface area contributed by atoms with Crippen molar-refractivity contribution in [3.63, 3.8) is 0 Å². The molecule has 0 aliphatic heterocycles. The van der Waals surface area contributed by atoms with E-state index in [9.17, 15) is 10.1 Å². The molecule has 0 amide bonds. The van der Waals surface area contributed by atoms with Gasteiger partial charge in [-0.3, -0.25) is 15.1 Å². The monoisotopic (exact) mass is 262 g/mol. The Hall–Kier alpha value is -1.94. The first-order valence-electron chi connectivity index (χ1n) is 5.45. The van der Waals surface area contributed by atoms with Crippen LogP contribution >= 0.6 is 11.6 Å². The number of benzene rings is 1. The molecule has 0 aliphatic carbocycles. The fraction of sp³-hybridized carbons (Fsp3) is 0.154. The van der Waals surface area contributed by atoms with Crippen LogP contribution in [0.4, 0.5) is 5.69 Å². The van der Waals surface area contributed by atoms with Crippen LogP contribution in [-0.2, 0) is 6.42 Å². The summed E-state index contributed by atoms with van der Waals surface area (Å²) in [5.74, 6) is 0. The van der Waals surface area contributed by atoms with Crippen molar-refractivity contribution in [2.45, 2.75) is 11.8 Å². The molecular formula is C13H11ClN2O2. The quantitative estimate of drug-likeness (QED) is 0.481. The van der Waals surface area contributed by atoms with Crippen molar-refractivity contribution in [2.24, 2.45) is 0 Å². The largest absolute Gasteiger partial charge is 0.269 e. The molecule has 1 atom stereocenters. The van der Waals surface area contributed by atoms with Gasteiger partial charge < -0.3 is 0 Å². The molecule has 0 N–H and O–H groups in total. The van der Waals surface area contributed by atoms with Crippen LogP contribution in [0.5, 0.6) is 0 Å². The maximum absolute atomic E-state index is 10.5. The Morgan fingerprint density at radius 2 is 1.94 bits per heavy atom. The van der Waals surface area contributed by atoms with Gasteiger partial charge in [0.25, 0.3) is 5.69 Å². The zero-order valence-electron chi connectivity index (χ0n) is 9.49. The topological polar surface area (TPSA) is 56.0 Å². The molecule has 0 bridgehead atoms. The molecule has 2 rings (SSSR count). The summed E-state index contributed by atoms with van der Waals surface area (Å²) in [6, 6.07) is 12.0. The zero-order chi connectivity index (χ0) is 13.0. The van der Waals surface area contributed by atoms with E-state index in [2.05, 4.69) is 4.98 Å². The lowest BCUT2D eigenvalue weighted by molar-refractivity contribution is -0.384. The first-order chi connectivity index (χ1) is 8.66. The van der Waals surface area contributed by atoms with Gasteiger partial charge in [-0.05, 0) is 24.1 Å². The number of alkyl halides is 1. The highest BCUT2D eigenvalue weighted by Gasteiger charge is 2.11. The molecule has 0 aliphatic rings. The number of rotatable bonds is 4. The Labute approximate surface area is 109 Å². The average Bonchev–Trinajstić information content (AvgIpc) is 2.40. The molecule has 92 valence electrons. The van der Waals surface area contributed by atoms with E-state index >= 15 is 0 Å². The highest BCUT2D eigenvalue weighted by molar-refractivity contribution is 6.20. The van der Waals surface area contributed by atoms with E-state index in [4.69, 9.17) is 11.6 Å². The summed E-state index contributed by atoms with van der Waals surface area (Å²) >= 11 is 6.25. The number of halogens is 1. The highest BCUT2D eigenvalue weighted by Crippen LogP contribution is 2.24. The second-order valence-electron chi connectivity index (χ2n) is 3.85. The van der Waals surface area contributed by atoms with Crippen LogP contribution in [0.3, 0.4) is 0 Å². The summed E-state index contributed by atoms with van der Waals surface area (Å²) in [5, 5.41) is 10.3. The third-order valence-electron chi connectivity index (χ3n) is 2.57. The molecule has 0 saturated carbocycles. The van der Waals surface area contributed by atoms with E-state index in [1.54, 1.807) is 18.3 Å². The molecular weight excluding hydrogens is 252 g/mol. The second kappa shape index (κ2) is 5.60. The van der Waals surface area contributed by atoms with Gasteiger partial charge in [-0.15, -0.1) is 11.6 Å². The number of aromatic nitrogens is 1. The summed E-state index contributed by atoms with van der Waals surface area (Å²) in [6.07, 6.45) is 2.29. The number of pyridine rings is 1. The van der Waals surface area contributed by atoms with E-state index in [1.807, 2.05) is 18.2 Å². The predicted molar refractivity (Wildman–Crippen MR) is 69.6 cm³/mol. The van der Waals surface area contributed by atoms with Crippen LogP contribution in [0.25, 0.3) is 0 Å². The van der Waals surface area contributed by atoms with Gasteiger partial charge in [0.2, 0.25) is 0 Å². The van der Waals surface area contributed by atoms with E-state index in [0.717, 1.165) is 11.3 Å². The van der Waals surface area contributed by atoms with Gasteiger partial charge in [-0.1, -0.05) is 18.2 Å². The van der Waals surface area contributed by atoms with Crippen LogP contribution in [0.1, 0.15) is 16.6 Å². The summed E-state index contributed by atoms with van der Waals surface area (Å²) in [4.78, 5) is 14.3. The van der Waals surface area contributed by atoms with Crippen LogP contribution in [-0.4, -0.2) is 9.91 Å². The number of nitrogens with zero attached hydrogens (tertiary/aromatic N) is 2. The van der Waals surface area contributed by atoms with Crippen molar-refractivity contribution in [1.82, 2.24) is 4.98 Å². The van der Waals surface area contributed by atoms with Gasteiger partial charge in [0.1, 0.15) is 0 Å². The standard InChI is InChI=1S/C13H11ClN2O2/c14-12(13-3-1-2-8-15-13)9-10-4-6-11(7-5-10)16(17)18/h1-8,12H,9H2/t12-/m0/s1. The third-order valence-corrected chi connectivity index (χ3v) is 2.95. The molecule has 0 fully saturated rings. The molecule has 0 radical (unpaired) electrons. The number of nitro benzene ring substituents is 1. The third kappa shape index (κ3) is 3.05. The van der Waals surface area contributed by atoms with Crippen LogP contribution in [0.2, 0.25) is 0 Å². The van der Waals surface area contributed by atoms with Crippen molar-refractivity contribution in [3.8, 4) is 0 Å². The van der Waals surface area contributed by atoms with Gasteiger partial charge in [0, 0.05) is 18.3 Å². The molecule has 1 aromatic heterocycles. The second-order valence-corrected chi connectivity index (χ2v) is 4.38. The van der Waals surface area contributed by atoms with Crippen molar-refractivity contribution >= 4 is 17.3 Å². The minimum absolute atomic E-state index is 0.0858. The van der Waals surface area contributed by atoms with Crippen LogP contribution < -0.4 is 0 Å². The smallest absolute Gasteiger partial charge is 0.260 e. The van der Waals surface area contributed by atoms with Crippen molar-refractivity contribution in [1.29, 1.82) is 0 Å². The summed E-state index contributed by atoms with van der Waals surface area (Å²) in [5.41, 5.74) is 1.84. The minimum Gasteiger partial charge on any atom is -0.260 e. The fourth-order valence-corrected chi connectivity index (χ4v) is 1.93. The van der Waals surface area contributed by atoms with Crippen LogP contribution in [0, 0.1) is 10.1 Å². The van der Waals surface area contributed by atoms with Gasteiger partial charge in [0.05, 0.1) is 16.0 Å². The Morgan fingerprint density at radius 3 is 2.50 bits per heavy atom. The SMILES string of the molecule is O=[N+]([O-])c1ccc(C[C@H](Cl)c2ccccn2)cc1. The molecule has 0 saturated heterocycles. The van der Waals surface area contributed by atoms with Gasteiger partial charge in [-0.25, -0.2) is 0 Å². The lowest BCUT2D eigenvalue weighted by Gasteiger charge is -2.08. The van der Waals surface area contributed by atoms with Crippen molar-refractivity contribution < 1.29 is 4.92 Å². The Balaban J connectivity index is 2.08. The Kier molecular flexibility index (Phi) is 3.89. The van der Waals surface area contributed by atoms with E-state index in [-0.39, 0.29) is 11.1 Å². The molecule has 2 aromatic rings. The molecule has 5 heteroatoms. The predicted octanol–water partition coefficient (Wildman–Crippen LogP) is 3.51. The Morgan fingerprint density at radius 1 is 1.22 bits per heavy atom. The lowest BCUT2D eigenvalue weighted by atomic mass is 10.1. The number of hydrogen-bond acceptors (Lipinski definition) is 3. The van der Waals surface area contributed by atoms with Crippen LogP contribution in [0.15, 0.2) is 48.7 Å². The average molecular weight is 263 g/mol. The number of nitro groups is 1. The van der Waals surface area contributed by atoms with Gasteiger partial charge in [0.15, 0.2) is 0 Å². The maximum Gasteiger partial charge on any atom is 0.269 e. The Bertz CT molecular complexity index is 528. The van der Waals surface area contributed by atoms with Gasteiger partial charge in [-0.2, -0.15) is 0 Å². The van der Waals surface area contributed by atoms with Crippen molar-refractivity contribution in [3.05, 3.63) is 70.0 Å². The first-order valence-corrected chi connectivity index (χ1v) is 5.89. The molecule has 4 nitrogen and oxygen atoms in total. The lowest BCUT2D eigenvalue weighted by Crippen LogP contribution is -1.98. The maximum atomic E-state index is 10.5. The molecule has 18 heavy (non-hydrogen) atoms. The van der Waals surface area contributed by atoms with E-state index in [1.165, 1.54) is 12.1 Å². The van der Waals surface area contributed by atoms with E-state index < -0.39 is 4.92 Å². The fourth-order valence-electron chi connectivity index (χ4n) is 1.63. The summed E-state index contributed by atoms with van der Waals surface area (Å²) in [7, 11) is 0.